The first-order chi connectivity index (χ1) is 13.8. The van der Waals surface area contributed by atoms with E-state index in [0.717, 1.165) is 17.7 Å². The minimum absolute atomic E-state index is 0.0483. The zero-order valence-corrected chi connectivity index (χ0v) is 15.8. The Labute approximate surface area is 168 Å². The van der Waals surface area contributed by atoms with Crippen LogP contribution in [-0.4, -0.2) is 32.4 Å². The number of alkyl halides is 3. The van der Waals surface area contributed by atoms with E-state index in [2.05, 4.69) is 9.97 Å². The normalized spacial score (nSPS) is 14.7. The van der Waals surface area contributed by atoms with Crippen LogP contribution in [0.5, 0.6) is 0 Å². The number of halogens is 3. The summed E-state index contributed by atoms with van der Waals surface area (Å²) in [7, 11) is 0. The third-order valence-corrected chi connectivity index (χ3v) is 5.36. The molecule has 0 spiro atoms. The molecule has 0 fully saturated rings. The molecule has 0 saturated heterocycles. The lowest BCUT2D eigenvalue weighted by Crippen LogP contribution is -2.26. The van der Waals surface area contributed by atoms with Crippen molar-refractivity contribution in [2.75, 3.05) is 6.54 Å². The summed E-state index contributed by atoms with van der Waals surface area (Å²) < 4.78 is 38.2. The topological polar surface area (TPSA) is 73.1 Å². The Bertz CT molecular complexity index is 1080. The van der Waals surface area contributed by atoms with Crippen molar-refractivity contribution in [3.8, 4) is 11.3 Å². The van der Waals surface area contributed by atoms with Gasteiger partial charge in [0, 0.05) is 29.9 Å². The summed E-state index contributed by atoms with van der Waals surface area (Å²) in [4.78, 5) is 10.2. The molecule has 0 bridgehead atoms. The Hall–Kier alpha value is -3.20. The van der Waals surface area contributed by atoms with E-state index >= 15 is 0 Å². The number of pyridine rings is 1. The second kappa shape index (κ2) is 7.32. The van der Waals surface area contributed by atoms with Gasteiger partial charge in [-0.05, 0) is 23.8 Å². The Balaban J connectivity index is 1.54. The van der Waals surface area contributed by atoms with Crippen LogP contribution in [0, 0.1) is 5.41 Å². The molecule has 2 aromatic heterocycles. The predicted molar refractivity (Wildman–Crippen MR) is 104 cm³/mol. The molecule has 1 aromatic carbocycles. The van der Waals surface area contributed by atoms with Gasteiger partial charge in [0.25, 0.3) is 0 Å². The van der Waals surface area contributed by atoms with Gasteiger partial charge in [-0.3, -0.25) is 10.4 Å². The largest absolute Gasteiger partial charge is 0.510 e. The minimum atomic E-state index is -4.39. The average Bonchev–Trinajstić information content (AvgIpc) is 3.27. The van der Waals surface area contributed by atoms with E-state index in [1.807, 2.05) is 6.07 Å². The summed E-state index contributed by atoms with van der Waals surface area (Å²) in [6.45, 7) is 0.621. The van der Waals surface area contributed by atoms with Gasteiger partial charge in [0.15, 0.2) is 0 Å². The molecule has 0 aliphatic carbocycles. The molecule has 0 atom stereocenters. The van der Waals surface area contributed by atoms with Crippen molar-refractivity contribution in [3.63, 3.8) is 0 Å². The van der Waals surface area contributed by atoms with Crippen LogP contribution >= 0.6 is 11.3 Å². The van der Waals surface area contributed by atoms with Gasteiger partial charge in [-0.1, -0.05) is 18.2 Å². The second-order valence-electron chi connectivity index (χ2n) is 6.50. The van der Waals surface area contributed by atoms with Gasteiger partial charge in [0.2, 0.25) is 0 Å². The van der Waals surface area contributed by atoms with Crippen LogP contribution in [0.25, 0.3) is 16.8 Å². The molecule has 4 rings (SSSR count). The molecular weight excluding hydrogens is 401 g/mol. The maximum absolute atomic E-state index is 12.7. The molecule has 1 aliphatic rings. The van der Waals surface area contributed by atoms with Crippen LogP contribution in [0.2, 0.25) is 0 Å². The molecule has 9 heteroatoms. The van der Waals surface area contributed by atoms with Gasteiger partial charge < -0.3 is 10.0 Å². The van der Waals surface area contributed by atoms with Crippen molar-refractivity contribution in [1.29, 1.82) is 5.41 Å². The Kier molecular flexibility index (Phi) is 4.83. The van der Waals surface area contributed by atoms with Gasteiger partial charge in [0.05, 0.1) is 23.4 Å². The number of hydrogen-bond acceptors (Lipinski definition) is 5. The molecule has 0 radical (unpaired) electrons. The van der Waals surface area contributed by atoms with E-state index in [0.29, 0.717) is 28.4 Å². The first-order valence-corrected chi connectivity index (χ1v) is 9.49. The molecule has 0 saturated carbocycles. The van der Waals surface area contributed by atoms with Crippen LogP contribution in [0.1, 0.15) is 16.1 Å². The Morgan fingerprint density at radius 3 is 2.59 bits per heavy atom. The number of aromatic nitrogens is 2. The summed E-state index contributed by atoms with van der Waals surface area (Å²) in [6.07, 6.45) is -1.02. The highest BCUT2D eigenvalue weighted by atomic mass is 32.1. The minimum Gasteiger partial charge on any atom is -0.510 e. The van der Waals surface area contributed by atoms with E-state index in [1.165, 1.54) is 23.5 Å². The lowest BCUT2D eigenvalue weighted by atomic mass is 10.1. The Morgan fingerprint density at radius 1 is 1.17 bits per heavy atom. The van der Waals surface area contributed by atoms with E-state index < -0.39 is 11.7 Å². The van der Waals surface area contributed by atoms with E-state index in [4.69, 9.17) is 5.41 Å². The highest BCUT2D eigenvalue weighted by molar-refractivity contribution is 7.11. The number of rotatable bonds is 4. The third-order valence-electron chi connectivity index (χ3n) is 4.50. The highest BCUT2D eigenvalue weighted by Gasteiger charge is 2.31. The number of aliphatic hydroxyl groups excluding tert-OH is 1. The quantitative estimate of drug-likeness (QED) is 0.629. The molecule has 5 nitrogen and oxygen atoms in total. The predicted octanol–water partition coefficient (Wildman–Crippen LogP) is 4.99. The lowest BCUT2D eigenvalue weighted by molar-refractivity contribution is -0.137. The van der Waals surface area contributed by atoms with Crippen molar-refractivity contribution in [2.24, 2.45) is 0 Å². The molecular formula is C20H15F3N4OS. The van der Waals surface area contributed by atoms with Crippen molar-refractivity contribution < 1.29 is 18.3 Å². The van der Waals surface area contributed by atoms with E-state index in [1.54, 1.807) is 28.7 Å². The summed E-state index contributed by atoms with van der Waals surface area (Å²) >= 11 is 1.24. The fraction of sp³-hybridized carbons (Fsp3) is 0.150. The standard InChI is InChI=1S/C20H15F3N4OS/c21-20(22,23)14-5-3-13(4-6-14)15-11-29-19(26-15)17-16(28)10-27(18(17)24)9-12-2-1-7-25-8-12/h1-8,11,24,28H,9-10H2. The van der Waals surface area contributed by atoms with Gasteiger partial charge in [-0.25, -0.2) is 4.98 Å². The fourth-order valence-corrected chi connectivity index (χ4v) is 3.95. The second-order valence-corrected chi connectivity index (χ2v) is 7.36. The number of hydrogen-bond donors (Lipinski definition) is 2. The third kappa shape index (κ3) is 3.86. The number of nitrogens with zero attached hydrogens (tertiary/aromatic N) is 3. The van der Waals surface area contributed by atoms with Gasteiger partial charge in [-0.2, -0.15) is 13.2 Å². The van der Waals surface area contributed by atoms with Crippen LogP contribution < -0.4 is 0 Å². The maximum Gasteiger partial charge on any atom is 0.416 e. The number of nitrogens with one attached hydrogen (secondary N) is 1. The van der Waals surface area contributed by atoms with Gasteiger partial charge >= 0.3 is 6.18 Å². The first-order valence-electron chi connectivity index (χ1n) is 8.61. The van der Waals surface area contributed by atoms with Crippen LogP contribution in [-0.2, 0) is 12.7 Å². The Morgan fingerprint density at radius 2 is 1.93 bits per heavy atom. The zero-order valence-electron chi connectivity index (χ0n) is 14.9. The maximum atomic E-state index is 12.7. The average molecular weight is 416 g/mol. The van der Waals surface area contributed by atoms with Crippen LogP contribution in [0.15, 0.2) is 59.9 Å². The molecule has 0 amide bonds. The summed E-state index contributed by atoms with van der Waals surface area (Å²) in [5.41, 5.74) is 1.57. The number of benzene rings is 1. The van der Waals surface area contributed by atoms with Gasteiger partial charge in [0.1, 0.15) is 16.6 Å². The molecule has 148 valence electrons. The molecule has 1 aliphatic heterocycles. The SMILES string of the molecule is N=C1C(c2nc(-c3ccc(C(F)(F)F)cc3)cs2)=C(O)CN1Cc1cccnc1. The molecule has 3 heterocycles. The number of aliphatic hydroxyl groups is 1. The number of amidine groups is 1. The number of thiazole rings is 1. The molecule has 0 unspecified atom stereocenters. The van der Waals surface area contributed by atoms with Crippen molar-refractivity contribution in [1.82, 2.24) is 14.9 Å². The van der Waals surface area contributed by atoms with Crippen LogP contribution in [0.3, 0.4) is 0 Å². The van der Waals surface area contributed by atoms with Crippen molar-refractivity contribution in [3.05, 3.63) is 76.1 Å². The highest BCUT2D eigenvalue weighted by Crippen LogP contribution is 2.34. The summed E-state index contributed by atoms with van der Waals surface area (Å²) in [5.74, 6) is 0.201. The molecule has 3 aromatic rings. The van der Waals surface area contributed by atoms with Gasteiger partial charge in [-0.15, -0.1) is 11.3 Å². The van der Waals surface area contributed by atoms with E-state index in [9.17, 15) is 18.3 Å². The fourth-order valence-electron chi connectivity index (χ4n) is 3.06. The van der Waals surface area contributed by atoms with Crippen molar-refractivity contribution >= 4 is 22.7 Å². The smallest absolute Gasteiger partial charge is 0.416 e. The first kappa shape index (κ1) is 19.1. The van der Waals surface area contributed by atoms with E-state index in [-0.39, 0.29) is 18.1 Å². The van der Waals surface area contributed by atoms with Crippen LogP contribution in [0.4, 0.5) is 13.2 Å². The van der Waals surface area contributed by atoms with Crippen molar-refractivity contribution in [2.45, 2.75) is 12.7 Å². The molecule has 2 N–H and O–H groups in total. The zero-order chi connectivity index (χ0) is 20.6. The summed E-state index contributed by atoms with van der Waals surface area (Å²) in [5, 5.41) is 21.0. The molecule has 29 heavy (non-hydrogen) atoms. The monoisotopic (exact) mass is 416 g/mol. The lowest BCUT2D eigenvalue weighted by Gasteiger charge is -2.18. The summed E-state index contributed by atoms with van der Waals surface area (Å²) in [6, 6.07) is 8.45.